The molecule has 0 aliphatic carbocycles. The van der Waals surface area contributed by atoms with Crippen LogP contribution in [0, 0.1) is 6.92 Å². The Morgan fingerprint density at radius 1 is 1.06 bits per heavy atom. The smallest absolute Gasteiger partial charge is 0.336 e. The number of benzene rings is 3. The first-order valence-electron chi connectivity index (χ1n) is 10.8. The molecule has 0 saturated heterocycles. The van der Waals surface area contributed by atoms with E-state index in [2.05, 4.69) is 5.32 Å². The van der Waals surface area contributed by atoms with Crippen molar-refractivity contribution in [3.63, 3.8) is 0 Å². The second-order valence-corrected chi connectivity index (χ2v) is 8.41. The van der Waals surface area contributed by atoms with E-state index < -0.39 is 30.2 Å². The number of carboxylic acids is 1. The fourth-order valence-electron chi connectivity index (χ4n) is 3.78. The predicted molar refractivity (Wildman–Crippen MR) is 130 cm³/mol. The number of fused-ring (bicyclic) bond motifs is 1. The molecule has 1 N–H and O–H groups in total. The number of carboxylic acid groups (broad SMARTS) is 1. The first kappa shape index (κ1) is 24.0. The molecule has 0 radical (unpaired) electrons. The number of aliphatic carboxylic acids is 1. The van der Waals surface area contributed by atoms with Crippen molar-refractivity contribution in [3.05, 3.63) is 99.4 Å². The number of aryl methyl sites for hydroxylation is 1. The summed E-state index contributed by atoms with van der Waals surface area (Å²) in [5.41, 5.74) is 2.66. The van der Waals surface area contributed by atoms with Crippen LogP contribution in [0.15, 0.2) is 82.0 Å². The molecule has 0 aliphatic heterocycles. The van der Waals surface area contributed by atoms with Gasteiger partial charge < -0.3 is 24.4 Å². The maximum Gasteiger partial charge on any atom is 0.336 e. The first-order chi connectivity index (χ1) is 16.8. The number of carbonyl (C=O) groups is 2. The fourth-order valence-corrected chi connectivity index (χ4v) is 3.91. The first-order valence-corrected chi connectivity index (χ1v) is 11.2. The van der Waals surface area contributed by atoms with Crippen LogP contribution in [-0.2, 0) is 16.0 Å². The van der Waals surface area contributed by atoms with E-state index in [0.717, 1.165) is 16.5 Å². The number of hydrogen-bond donors (Lipinski definition) is 1. The van der Waals surface area contributed by atoms with E-state index in [4.69, 9.17) is 20.8 Å². The SMILES string of the molecule is Cc1c(OCC(=O)N[C@H](Cc2ccc(Cl)cc2)C(=O)[O-])ccc2c(-c3ccccc3)cc(=O)oc12. The molecule has 1 amide bonds. The van der Waals surface area contributed by atoms with Gasteiger partial charge in [-0.15, -0.1) is 0 Å². The molecule has 7 nitrogen and oxygen atoms in total. The summed E-state index contributed by atoms with van der Waals surface area (Å²) in [4.78, 5) is 36.2. The third-order valence-electron chi connectivity index (χ3n) is 5.53. The van der Waals surface area contributed by atoms with E-state index in [-0.39, 0.29) is 6.42 Å². The summed E-state index contributed by atoms with van der Waals surface area (Å²) >= 11 is 5.85. The van der Waals surface area contributed by atoms with Crippen molar-refractivity contribution in [2.24, 2.45) is 0 Å². The lowest BCUT2D eigenvalue weighted by atomic mass is 10.0. The minimum atomic E-state index is -1.41. The number of ether oxygens (including phenoxy) is 1. The largest absolute Gasteiger partial charge is 0.548 e. The van der Waals surface area contributed by atoms with Crippen LogP contribution in [0.3, 0.4) is 0 Å². The van der Waals surface area contributed by atoms with Crippen molar-refractivity contribution in [2.45, 2.75) is 19.4 Å². The lowest BCUT2D eigenvalue weighted by Crippen LogP contribution is -2.50. The van der Waals surface area contributed by atoms with Gasteiger partial charge in [0, 0.05) is 22.0 Å². The van der Waals surface area contributed by atoms with Crippen LogP contribution in [0.2, 0.25) is 5.02 Å². The van der Waals surface area contributed by atoms with Gasteiger partial charge in [0.2, 0.25) is 0 Å². The summed E-state index contributed by atoms with van der Waals surface area (Å²) in [6.07, 6.45) is 0.0354. The highest BCUT2D eigenvalue weighted by Crippen LogP contribution is 2.33. The average molecular weight is 491 g/mol. The lowest BCUT2D eigenvalue weighted by Gasteiger charge is -2.20. The van der Waals surface area contributed by atoms with Crippen LogP contribution in [0.5, 0.6) is 5.75 Å². The lowest BCUT2D eigenvalue weighted by molar-refractivity contribution is -0.308. The van der Waals surface area contributed by atoms with Gasteiger partial charge in [-0.2, -0.15) is 0 Å². The van der Waals surface area contributed by atoms with Gasteiger partial charge in [0.05, 0.1) is 12.0 Å². The Morgan fingerprint density at radius 3 is 2.46 bits per heavy atom. The Morgan fingerprint density at radius 2 is 1.77 bits per heavy atom. The number of hydrogen-bond acceptors (Lipinski definition) is 6. The van der Waals surface area contributed by atoms with E-state index in [1.54, 1.807) is 43.3 Å². The fraction of sp³-hybridized carbons (Fsp3) is 0.148. The molecular weight excluding hydrogens is 470 g/mol. The van der Waals surface area contributed by atoms with Crippen LogP contribution < -0.4 is 20.8 Å². The molecule has 178 valence electrons. The molecule has 8 heteroatoms. The summed E-state index contributed by atoms with van der Waals surface area (Å²) in [7, 11) is 0. The van der Waals surface area contributed by atoms with Gasteiger partial charge >= 0.3 is 5.63 Å². The van der Waals surface area contributed by atoms with E-state index in [9.17, 15) is 19.5 Å². The summed E-state index contributed by atoms with van der Waals surface area (Å²) in [6.45, 7) is 1.29. The van der Waals surface area contributed by atoms with Gasteiger partial charge in [-0.1, -0.05) is 54.1 Å². The zero-order chi connectivity index (χ0) is 24.9. The second-order valence-electron chi connectivity index (χ2n) is 7.97. The molecule has 0 aliphatic rings. The van der Waals surface area contributed by atoms with Crippen LogP contribution in [0.25, 0.3) is 22.1 Å². The molecule has 35 heavy (non-hydrogen) atoms. The maximum atomic E-state index is 12.4. The molecule has 3 aromatic carbocycles. The van der Waals surface area contributed by atoms with Gasteiger partial charge in [-0.25, -0.2) is 4.79 Å². The Kier molecular flexibility index (Phi) is 7.17. The van der Waals surface area contributed by atoms with Gasteiger partial charge in [0.25, 0.3) is 5.91 Å². The zero-order valence-electron chi connectivity index (χ0n) is 18.7. The van der Waals surface area contributed by atoms with E-state index in [1.165, 1.54) is 6.07 Å². The van der Waals surface area contributed by atoms with E-state index in [1.807, 2.05) is 30.3 Å². The molecule has 1 atom stereocenters. The second kappa shape index (κ2) is 10.4. The highest BCUT2D eigenvalue weighted by atomic mass is 35.5. The van der Waals surface area contributed by atoms with Crippen molar-refractivity contribution >= 4 is 34.4 Å². The van der Waals surface area contributed by atoms with Gasteiger partial charge in [0.1, 0.15) is 11.3 Å². The average Bonchev–Trinajstić information content (AvgIpc) is 2.85. The Hall–Kier alpha value is -4.10. The summed E-state index contributed by atoms with van der Waals surface area (Å²) in [5, 5.41) is 15.2. The van der Waals surface area contributed by atoms with Gasteiger partial charge in [-0.3, -0.25) is 4.79 Å². The number of carbonyl (C=O) groups excluding carboxylic acids is 2. The van der Waals surface area contributed by atoms with Crippen molar-refractivity contribution in [1.29, 1.82) is 0 Å². The van der Waals surface area contributed by atoms with Crippen LogP contribution in [0.4, 0.5) is 0 Å². The highest BCUT2D eigenvalue weighted by Gasteiger charge is 2.17. The summed E-state index contributed by atoms with van der Waals surface area (Å²) < 4.78 is 11.1. The normalized spacial score (nSPS) is 11.7. The Balaban J connectivity index is 1.50. The van der Waals surface area contributed by atoms with Gasteiger partial charge in [0.15, 0.2) is 6.61 Å². The molecule has 0 fully saturated rings. The summed E-state index contributed by atoms with van der Waals surface area (Å²) in [6, 6.07) is 19.7. The molecule has 0 spiro atoms. The molecule has 0 bridgehead atoms. The molecule has 4 rings (SSSR count). The molecule has 1 aromatic heterocycles. The Labute approximate surface area is 205 Å². The van der Waals surface area contributed by atoms with Gasteiger partial charge in [-0.05, 0) is 54.3 Å². The van der Waals surface area contributed by atoms with Crippen molar-refractivity contribution < 1.29 is 23.8 Å². The number of rotatable bonds is 8. The number of halogens is 1. The predicted octanol–water partition coefficient (Wildman–Crippen LogP) is 3.28. The van der Waals surface area contributed by atoms with Crippen molar-refractivity contribution in [2.75, 3.05) is 6.61 Å². The quantitative estimate of drug-likeness (QED) is 0.380. The molecule has 0 unspecified atom stereocenters. The van der Waals surface area contributed by atoms with Crippen molar-refractivity contribution in [1.82, 2.24) is 5.32 Å². The third kappa shape index (κ3) is 5.70. The van der Waals surface area contributed by atoms with E-state index >= 15 is 0 Å². The molecule has 0 saturated carbocycles. The molecular formula is C27H21ClNO6-. The molecule has 4 aromatic rings. The van der Waals surface area contributed by atoms with E-state index in [0.29, 0.717) is 27.5 Å². The number of nitrogens with one attached hydrogen (secondary N) is 1. The van der Waals surface area contributed by atoms with Crippen LogP contribution in [-0.4, -0.2) is 24.5 Å². The van der Waals surface area contributed by atoms with Crippen LogP contribution >= 0.6 is 11.6 Å². The van der Waals surface area contributed by atoms with Crippen LogP contribution in [0.1, 0.15) is 11.1 Å². The zero-order valence-corrected chi connectivity index (χ0v) is 19.5. The van der Waals surface area contributed by atoms with Crippen molar-refractivity contribution in [3.8, 4) is 16.9 Å². The highest BCUT2D eigenvalue weighted by molar-refractivity contribution is 6.30. The third-order valence-corrected chi connectivity index (χ3v) is 5.78. The minimum absolute atomic E-state index is 0.0354. The summed E-state index contributed by atoms with van der Waals surface area (Å²) in [5.74, 6) is -1.71. The molecule has 1 heterocycles. The maximum absolute atomic E-state index is 12.4. The minimum Gasteiger partial charge on any atom is -0.548 e. The standard InChI is InChI=1S/C27H22ClNO6/c1-16-23(12-11-20-21(14-25(31)35-26(16)20)18-5-3-2-4-6-18)34-15-24(30)29-22(27(32)33)13-17-7-9-19(28)10-8-17/h2-12,14,22H,13,15H2,1H3,(H,29,30)(H,32,33)/p-1/t22-/m1/s1. The number of amides is 1. The topological polar surface area (TPSA) is 109 Å². The monoisotopic (exact) mass is 490 g/mol. The Bertz CT molecular complexity index is 1430.